The van der Waals surface area contributed by atoms with Gasteiger partial charge in [-0.05, 0) is 47.7 Å². The van der Waals surface area contributed by atoms with E-state index in [4.69, 9.17) is 4.42 Å². The second-order valence-corrected chi connectivity index (χ2v) is 5.32. The van der Waals surface area contributed by atoms with Crippen molar-refractivity contribution in [3.63, 3.8) is 0 Å². The molecule has 0 spiro atoms. The average Bonchev–Trinajstić information content (AvgIpc) is 2.95. The van der Waals surface area contributed by atoms with Gasteiger partial charge >= 0.3 is 0 Å². The Hall–Kier alpha value is -1.97. The van der Waals surface area contributed by atoms with Crippen molar-refractivity contribution >= 4 is 22.6 Å². The lowest BCUT2D eigenvalue weighted by Crippen LogP contribution is -1.95. The smallest absolute Gasteiger partial charge is 0.266 e. The van der Waals surface area contributed by atoms with Gasteiger partial charge in [0.2, 0.25) is 0 Å². The molecular formula is C13H7F2IN4O. The van der Waals surface area contributed by atoms with Gasteiger partial charge in [-0.15, -0.1) is 10.2 Å². The quantitative estimate of drug-likeness (QED) is 0.618. The van der Waals surface area contributed by atoms with E-state index in [1.165, 1.54) is 18.2 Å². The Kier molecular flexibility index (Phi) is 3.62. The zero-order valence-electron chi connectivity index (χ0n) is 10.6. The maximum absolute atomic E-state index is 13.6. The Morgan fingerprint density at radius 3 is 2.43 bits per heavy atom. The maximum Gasteiger partial charge on any atom is 0.266 e. The lowest BCUT2D eigenvalue weighted by atomic mass is 10.3. The summed E-state index contributed by atoms with van der Waals surface area (Å²) in [7, 11) is 0. The molecule has 0 N–H and O–H groups in total. The standard InChI is InChI=1S/C13H7F2IN4O/c1-6-11(15)8(16)4-10(18-6)13-20-19-12(21-13)9-3-2-7(14)5-17-9/h2-5H,1H3. The van der Waals surface area contributed by atoms with Crippen LogP contribution in [-0.2, 0) is 0 Å². The van der Waals surface area contributed by atoms with Crippen LogP contribution in [0, 0.1) is 22.1 Å². The Morgan fingerprint density at radius 1 is 1.10 bits per heavy atom. The lowest BCUT2D eigenvalue weighted by Gasteiger charge is -2.01. The molecule has 0 saturated carbocycles. The summed E-state index contributed by atoms with van der Waals surface area (Å²) in [6.45, 7) is 1.56. The molecule has 3 heterocycles. The Labute approximate surface area is 131 Å². The van der Waals surface area contributed by atoms with Crippen LogP contribution in [-0.4, -0.2) is 20.2 Å². The zero-order chi connectivity index (χ0) is 15.0. The van der Waals surface area contributed by atoms with Gasteiger partial charge in [0.15, 0.2) is 5.82 Å². The molecule has 0 bridgehead atoms. The predicted molar refractivity (Wildman–Crippen MR) is 78.1 cm³/mol. The highest BCUT2D eigenvalue weighted by Crippen LogP contribution is 2.24. The molecule has 0 aliphatic heterocycles. The van der Waals surface area contributed by atoms with Gasteiger partial charge in [-0.25, -0.2) is 18.7 Å². The van der Waals surface area contributed by atoms with E-state index in [0.29, 0.717) is 15.0 Å². The highest BCUT2D eigenvalue weighted by Gasteiger charge is 2.15. The van der Waals surface area contributed by atoms with E-state index < -0.39 is 5.82 Å². The summed E-state index contributed by atoms with van der Waals surface area (Å²) in [6, 6.07) is 4.19. The number of hydrogen-bond acceptors (Lipinski definition) is 5. The monoisotopic (exact) mass is 400 g/mol. The van der Waals surface area contributed by atoms with Crippen LogP contribution in [0.3, 0.4) is 0 Å². The summed E-state index contributed by atoms with van der Waals surface area (Å²) in [5.74, 6) is -0.538. The van der Waals surface area contributed by atoms with Crippen molar-refractivity contribution in [3.8, 4) is 23.2 Å². The molecule has 0 fully saturated rings. The normalized spacial score (nSPS) is 10.9. The van der Waals surface area contributed by atoms with E-state index in [-0.39, 0.29) is 23.3 Å². The first-order chi connectivity index (χ1) is 10.0. The van der Waals surface area contributed by atoms with E-state index in [2.05, 4.69) is 20.2 Å². The van der Waals surface area contributed by atoms with Gasteiger partial charge in [-0.3, -0.25) is 0 Å². The molecule has 0 saturated heterocycles. The Bertz CT molecular complexity index is 781. The van der Waals surface area contributed by atoms with Crippen LogP contribution in [0.2, 0.25) is 0 Å². The number of aryl methyl sites for hydroxylation is 1. The molecule has 8 heteroatoms. The number of rotatable bonds is 2. The zero-order valence-corrected chi connectivity index (χ0v) is 12.8. The predicted octanol–water partition coefficient (Wildman–Crippen LogP) is 3.38. The lowest BCUT2D eigenvalue weighted by molar-refractivity contribution is 0.573. The second kappa shape index (κ2) is 5.43. The first kappa shape index (κ1) is 14.0. The largest absolute Gasteiger partial charge is 0.413 e. The SMILES string of the molecule is Cc1nc(-c2nnc(-c3ccc(F)cn3)o2)cc(I)c1F. The van der Waals surface area contributed by atoms with E-state index in [1.807, 2.05) is 22.6 Å². The molecule has 0 atom stereocenters. The molecule has 3 aromatic rings. The first-order valence-electron chi connectivity index (χ1n) is 5.83. The van der Waals surface area contributed by atoms with Gasteiger partial charge in [-0.1, -0.05) is 0 Å². The number of pyridine rings is 2. The minimum atomic E-state index is -0.455. The van der Waals surface area contributed by atoms with Crippen molar-refractivity contribution in [2.45, 2.75) is 6.92 Å². The summed E-state index contributed by atoms with van der Waals surface area (Å²) < 4.78 is 32.2. The third-order valence-electron chi connectivity index (χ3n) is 2.67. The van der Waals surface area contributed by atoms with Crippen LogP contribution >= 0.6 is 22.6 Å². The maximum atomic E-state index is 13.6. The van der Waals surface area contributed by atoms with Gasteiger partial charge in [-0.2, -0.15) is 0 Å². The molecule has 106 valence electrons. The van der Waals surface area contributed by atoms with Gasteiger partial charge in [0.05, 0.1) is 15.5 Å². The van der Waals surface area contributed by atoms with Crippen molar-refractivity contribution in [2.24, 2.45) is 0 Å². The molecule has 0 unspecified atom stereocenters. The molecule has 0 aliphatic carbocycles. The average molecular weight is 400 g/mol. The molecule has 3 aromatic heterocycles. The van der Waals surface area contributed by atoms with Crippen molar-refractivity contribution in [3.05, 3.63) is 45.3 Å². The molecule has 3 rings (SSSR count). The van der Waals surface area contributed by atoms with Gasteiger partial charge in [0.25, 0.3) is 11.8 Å². The number of hydrogen-bond donors (Lipinski definition) is 0. The molecule has 5 nitrogen and oxygen atoms in total. The van der Waals surface area contributed by atoms with Crippen LogP contribution in [0.25, 0.3) is 23.2 Å². The van der Waals surface area contributed by atoms with Crippen LogP contribution in [0.5, 0.6) is 0 Å². The minimum Gasteiger partial charge on any atom is -0.413 e. The van der Waals surface area contributed by atoms with Crippen LogP contribution in [0.15, 0.2) is 28.8 Å². The first-order valence-corrected chi connectivity index (χ1v) is 6.91. The topological polar surface area (TPSA) is 64.7 Å². The summed E-state index contributed by atoms with van der Waals surface area (Å²) in [4.78, 5) is 7.92. The van der Waals surface area contributed by atoms with Gasteiger partial charge in [0.1, 0.15) is 17.2 Å². The highest BCUT2D eigenvalue weighted by atomic mass is 127. The second-order valence-electron chi connectivity index (χ2n) is 4.16. The van der Waals surface area contributed by atoms with E-state index >= 15 is 0 Å². The summed E-state index contributed by atoms with van der Waals surface area (Å²) >= 11 is 1.87. The van der Waals surface area contributed by atoms with Crippen molar-refractivity contribution in [1.82, 2.24) is 20.2 Å². The van der Waals surface area contributed by atoms with Gasteiger partial charge in [0, 0.05) is 0 Å². The Balaban J connectivity index is 2.00. The Morgan fingerprint density at radius 2 is 1.81 bits per heavy atom. The number of nitrogens with zero attached hydrogens (tertiary/aromatic N) is 4. The van der Waals surface area contributed by atoms with E-state index in [9.17, 15) is 8.78 Å². The fourth-order valence-electron chi connectivity index (χ4n) is 1.66. The van der Waals surface area contributed by atoms with Crippen molar-refractivity contribution < 1.29 is 13.2 Å². The fourth-order valence-corrected chi connectivity index (χ4v) is 2.35. The van der Waals surface area contributed by atoms with Crippen LogP contribution in [0.1, 0.15) is 5.69 Å². The van der Waals surface area contributed by atoms with E-state index in [0.717, 1.165) is 6.20 Å². The molecular weight excluding hydrogens is 393 g/mol. The fraction of sp³-hybridized carbons (Fsp3) is 0.0769. The molecule has 21 heavy (non-hydrogen) atoms. The van der Waals surface area contributed by atoms with Crippen LogP contribution in [0.4, 0.5) is 8.78 Å². The highest BCUT2D eigenvalue weighted by molar-refractivity contribution is 14.1. The summed E-state index contributed by atoms with van der Waals surface area (Å²) in [6.07, 6.45) is 1.06. The third-order valence-corrected chi connectivity index (χ3v) is 3.45. The number of halogens is 3. The molecule has 0 amide bonds. The van der Waals surface area contributed by atoms with Crippen LogP contribution < -0.4 is 0 Å². The summed E-state index contributed by atoms with van der Waals surface area (Å²) in [5, 5.41) is 7.69. The van der Waals surface area contributed by atoms with Crippen molar-refractivity contribution in [1.29, 1.82) is 0 Å². The van der Waals surface area contributed by atoms with Gasteiger partial charge < -0.3 is 4.42 Å². The molecule has 0 aliphatic rings. The summed E-state index contributed by atoms with van der Waals surface area (Å²) in [5.41, 5.74) is 0.972. The number of aromatic nitrogens is 4. The van der Waals surface area contributed by atoms with Crippen molar-refractivity contribution in [2.75, 3.05) is 0 Å². The third kappa shape index (κ3) is 2.75. The minimum absolute atomic E-state index is 0.142. The van der Waals surface area contributed by atoms with E-state index in [1.54, 1.807) is 6.92 Å². The molecule has 0 radical (unpaired) electrons. The molecule has 0 aromatic carbocycles.